The van der Waals surface area contributed by atoms with E-state index < -0.39 is 35.8 Å². The van der Waals surface area contributed by atoms with E-state index in [1.165, 1.54) is 4.90 Å². The van der Waals surface area contributed by atoms with Crippen molar-refractivity contribution < 1.29 is 33.4 Å². The maximum absolute atomic E-state index is 14.1. The zero-order valence-corrected chi connectivity index (χ0v) is 31.8. The summed E-state index contributed by atoms with van der Waals surface area (Å²) in [4.78, 5) is 58.7. The number of hydrogen-bond acceptors (Lipinski definition) is 7. The number of benzene rings is 3. The van der Waals surface area contributed by atoms with Gasteiger partial charge in [-0.3, -0.25) is 19.2 Å². The lowest BCUT2D eigenvalue weighted by Crippen LogP contribution is -2.55. The van der Waals surface area contributed by atoms with Gasteiger partial charge in [0.25, 0.3) is 5.91 Å². The zero-order chi connectivity index (χ0) is 37.9. The van der Waals surface area contributed by atoms with Crippen LogP contribution in [0.25, 0.3) is 0 Å². The van der Waals surface area contributed by atoms with E-state index in [0.29, 0.717) is 40.9 Å². The van der Waals surface area contributed by atoms with Gasteiger partial charge in [-0.2, -0.15) is 0 Å². The van der Waals surface area contributed by atoms with Gasteiger partial charge >= 0.3 is 0 Å². The van der Waals surface area contributed by atoms with Crippen molar-refractivity contribution in [1.29, 1.82) is 0 Å². The average Bonchev–Trinajstić information content (AvgIpc) is 3.11. The molecule has 0 spiro atoms. The topological polar surface area (TPSA) is 127 Å². The molecule has 0 radical (unpaired) electrons. The summed E-state index contributed by atoms with van der Waals surface area (Å²) in [5, 5.41) is 6.24. The van der Waals surface area contributed by atoms with Gasteiger partial charge in [0.2, 0.25) is 17.7 Å². The lowest BCUT2D eigenvalue weighted by molar-refractivity contribution is -0.147. The number of ether oxygens (including phenoxy) is 3. The number of fused-ring (bicyclic) bond motifs is 1. The first-order valence-corrected chi connectivity index (χ1v) is 18.1. The molecule has 280 valence electrons. The fraction of sp³-hybridized carbons (Fsp3) is 0.450. The third kappa shape index (κ3) is 11.1. The normalized spacial score (nSPS) is 19.3. The highest BCUT2D eigenvalue weighted by Gasteiger charge is 2.36. The molecule has 11 nitrogen and oxygen atoms in total. The molecule has 0 unspecified atom stereocenters. The Bertz CT molecular complexity index is 1680. The minimum Gasteiger partial charge on any atom is -0.491 e. The van der Waals surface area contributed by atoms with Crippen LogP contribution in [0.3, 0.4) is 0 Å². The molecule has 1 aliphatic rings. The molecule has 3 aromatic carbocycles. The van der Waals surface area contributed by atoms with Crippen LogP contribution in [0.2, 0.25) is 5.02 Å². The third-order valence-electron chi connectivity index (χ3n) is 8.81. The quantitative estimate of drug-likeness (QED) is 0.235. The van der Waals surface area contributed by atoms with Gasteiger partial charge in [0.15, 0.2) is 11.5 Å². The van der Waals surface area contributed by atoms with Crippen molar-refractivity contribution >= 4 is 35.2 Å². The van der Waals surface area contributed by atoms with Gasteiger partial charge in [-0.25, -0.2) is 0 Å². The van der Waals surface area contributed by atoms with E-state index in [1.807, 2.05) is 19.9 Å². The molecule has 0 aromatic heterocycles. The molecule has 52 heavy (non-hydrogen) atoms. The zero-order valence-electron chi connectivity index (χ0n) is 31.1. The summed E-state index contributed by atoms with van der Waals surface area (Å²) in [5.74, 6) is 0.377. The molecule has 3 aromatic rings. The molecule has 1 heterocycles. The summed E-state index contributed by atoms with van der Waals surface area (Å²) in [7, 11) is 3.31. The molecule has 4 rings (SSSR count). The summed E-state index contributed by atoms with van der Waals surface area (Å²) in [6.07, 6.45) is 0.710. The van der Waals surface area contributed by atoms with Crippen molar-refractivity contribution in [3.63, 3.8) is 0 Å². The molecular weight excluding hydrogens is 684 g/mol. The lowest BCUT2D eigenvalue weighted by Gasteiger charge is -2.37. The molecule has 0 aliphatic carbocycles. The molecule has 1 aliphatic heterocycles. The second-order valence-electron chi connectivity index (χ2n) is 14.1. The summed E-state index contributed by atoms with van der Waals surface area (Å²) >= 11 is 6.01. The van der Waals surface area contributed by atoms with Crippen molar-refractivity contribution in [3.8, 4) is 23.0 Å². The number of rotatable bonds is 11. The van der Waals surface area contributed by atoms with Crippen LogP contribution in [0.1, 0.15) is 64.2 Å². The van der Waals surface area contributed by atoms with Crippen molar-refractivity contribution in [2.75, 3.05) is 27.3 Å². The summed E-state index contributed by atoms with van der Waals surface area (Å²) in [5.41, 5.74) is 0.210. The van der Waals surface area contributed by atoms with Crippen LogP contribution in [0, 0.1) is 11.8 Å². The summed E-state index contributed by atoms with van der Waals surface area (Å²) in [6, 6.07) is 17.9. The number of carbonyl (C=O) groups excluding carboxylic acids is 4. The van der Waals surface area contributed by atoms with Gasteiger partial charge in [-0.15, -0.1) is 0 Å². The van der Waals surface area contributed by atoms with Gasteiger partial charge in [-0.05, 0) is 80.1 Å². The van der Waals surface area contributed by atoms with E-state index in [2.05, 4.69) is 24.5 Å². The third-order valence-corrected chi connectivity index (χ3v) is 9.06. The van der Waals surface area contributed by atoms with Gasteiger partial charge < -0.3 is 34.6 Å². The molecule has 2 N–H and O–H groups in total. The number of para-hydroxylation sites is 3. The van der Waals surface area contributed by atoms with Crippen LogP contribution in [0.4, 0.5) is 0 Å². The van der Waals surface area contributed by atoms with Crippen LogP contribution >= 0.6 is 11.6 Å². The number of nitrogens with zero attached hydrogens (tertiary/aromatic N) is 2. The van der Waals surface area contributed by atoms with E-state index in [0.717, 1.165) is 0 Å². The Morgan fingerprint density at radius 3 is 2.19 bits per heavy atom. The maximum Gasteiger partial charge on any atom is 0.255 e. The first-order chi connectivity index (χ1) is 24.7. The molecule has 0 saturated heterocycles. The molecular formula is C40H51ClN4O7. The Morgan fingerprint density at radius 2 is 1.52 bits per heavy atom. The van der Waals surface area contributed by atoms with Crippen molar-refractivity contribution in [2.24, 2.45) is 11.8 Å². The monoisotopic (exact) mass is 734 g/mol. The Hall–Kier alpha value is -4.77. The highest BCUT2D eigenvalue weighted by molar-refractivity contribution is 6.30. The van der Waals surface area contributed by atoms with E-state index in [9.17, 15) is 19.2 Å². The smallest absolute Gasteiger partial charge is 0.255 e. The molecule has 0 bridgehead atoms. The predicted molar refractivity (Wildman–Crippen MR) is 201 cm³/mol. The van der Waals surface area contributed by atoms with Crippen LogP contribution < -0.4 is 24.8 Å². The Balaban J connectivity index is 1.56. The Morgan fingerprint density at radius 1 is 0.885 bits per heavy atom. The summed E-state index contributed by atoms with van der Waals surface area (Å²) in [6.45, 7) is 10.1. The predicted octanol–water partition coefficient (Wildman–Crippen LogP) is 6.34. The number of nitrogens with one attached hydrogen (secondary N) is 2. The highest BCUT2D eigenvalue weighted by atomic mass is 35.5. The largest absolute Gasteiger partial charge is 0.491 e. The Labute approximate surface area is 311 Å². The summed E-state index contributed by atoms with van der Waals surface area (Å²) < 4.78 is 18.3. The van der Waals surface area contributed by atoms with Crippen LogP contribution in [-0.2, 0) is 14.4 Å². The first-order valence-electron chi connectivity index (χ1n) is 17.7. The van der Waals surface area contributed by atoms with Crippen LogP contribution in [0.5, 0.6) is 23.0 Å². The minimum atomic E-state index is -1.26. The Kier molecular flexibility index (Phi) is 14.3. The second kappa shape index (κ2) is 18.6. The van der Waals surface area contributed by atoms with Crippen LogP contribution in [0.15, 0.2) is 72.8 Å². The minimum absolute atomic E-state index is 0.0623. The molecule has 4 amide bonds. The van der Waals surface area contributed by atoms with Gasteiger partial charge in [-0.1, -0.05) is 63.6 Å². The molecule has 4 atom stereocenters. The van der Waals surface area contributed by atoms with Gasteiger partial charge in [0.05, 0.1) is 24.1 Å². The highest BCUT2D eigenvalue weighted by Crippen LogP contribution is 2.32. The van der Waals surface area contributed by atoms with E-state index >= 15 is 0 Å². The SMILES string of the molecule is CC(C)C[C@@H]1COc2ccccc2C(=O)N[C@H](C(=O)N[C@H](C)COc2ccccc2Oc2ccc(Cl)cc2)CC(=O)N(C)[C@@H](CC(C)C)C(=O)N1C. The molecule has 0 fully saturated rings. The standard InChI is InChI=1S/C40H51ClN4O7/c1-25(2)20-29-24-51-34-13-9-8-12-31(34)38(47)43-32(22-37(46)45(7)33(21-26(3)4)40(49)44(29)6)39(48)42-27(5)23-50-35-14-10-11-15-36(35)52-30-18-16-28(41)17-19-30/h8-19,25-27,29,32-33H,20-24H2,1-7H3,(H,42,48)(H,43,47)/t27-,29-,32+,33+/m1/s1. The number of likely N-dealkylation sites (N-methyl/N-ethyl adjacent to an activating group) is 2. The lowest BCUT2D eigenvalue weighted by atomic mass is 9.98. The molecule has 0 saturated carbocycles. The number of carbonyl (C=O) groups is 4. The van der Waals surface area contributed by atoms with Gasteiger partial charge in [0, 0.05) is 19.1 Å². The van der Waals surface area contributed by atoms with Crippen molar-refractivity contribution in [2.45, 2.75) is 78.0 Å². The van der Waals surface area contributed by atoms with Crippen molar-refractivity contribution in [1.82, 2.24) is 20.4 Å². The van der Waals surface area contributed by atoms with Gasteiger partial charge in [0.1, 0.15) is 36.8 Å². The van der Waals surface area contributed by atoms with E-state index in [-0.39, 0.29) is 49.0 Å². The fourth-order valence-electron chi connectivity index (χ4n) is 5.96. The van der Waals surface area contributed by atoms with Crippen LogP contribution in [-0.4, -0.2) is 84.9 Å². The van der Waals surface area contributed by atoms with E-state index in [4.69, 9.17) is 25.8 Å². The number of hydrogen-bond donors (Lipinski definition) is 2. The van der Waals surface area contributed by atoms with Crippen molar-refractivity contribution in [3.05, 3.63) is 83.4 Å². The fourth-order valence-corrected chi connectivity index (χ4v) is 6.08. The second-order valence-corrected chi connectivity index (χ2v) is 14.6. The number of amides is 4. The first kappa shape index (κ1) is 40.0. The average molecular weight is 735 g/mol. The maximum atomic E-state index is 14.1. The van der Waals surface area contributed by atoms with E-state index in [1.54, 1.807) is 92.6 Å². The number of halogens is 1. The molecule has 12 heteroatoms.